The summed E-state index contributed by atoms with van der Waals surface area (Å²) in [6.45, 7) is 5.17. The van der Waals surface area contributed by atoms with Crippen LogP contribution in [0.5, 0.6) is 0 Å². The number of rotatable bonds is 7. The predicted octanol–water partition coefficient (Wildman–Crippen LogP) is -0.0159. The van der Waals surface area contributed by atoms with Crippen molar-refractivity contribution >= 4 is 17.8 Å². The van der Waals surface area contributed by atoms with Gasteiger partial charge >= 0.3 is 6.03 Å². The molecule has 2 atom stereocenters. The number of imide groups is 1. The van der Waals surface area contributed by atoms with Gasteiger partial charge in [-0.3, -0.25) is 14.5 Å². The molecule has 114 valence electrons. The van der Waals surface area contributed by atoms with E-state index in [1.165, 1.54) is 0 Å². The number of amides is 4. The maximum absolute atomic E-state index is 12.1. The number of nitrogens with one attached hydrogen (secondary N) is 2. The fourth-order valence-corrected chi connectivity index (χ4v) is 2.00. The highest BCUT2D eigenvalue weighted by atomic mass is 16.3. The van der Waals surface area contributed by atoms with Crippen LogP contribution in [-0.2, 0) is 9.59 Å². The molecule has 0 spiro atoms. The molecule has 2 unspecified atom stereocenters. The first kappa shape index (κ1) is 16.4. The quantitative estimate of drug-likeness (QED) is 0.573. The van der Waals surface area contributed by atoms with Crippen molar-refractivity contribution in [2.24, 2.45) is 0 Å². The Hall–Kier alpha value is -1.63. The van der Waals surface area contributed by atoms with Crippen LogP contribution in [0.25, 0.3) is 0 Å². The van der Waals surface area contributed by atoms with E-state index < -0.39 is 29.5 Å². The lowest BCUT2D eigenvalue weighted by Crippen LogP contribution is -2.45. The summed E-state index contributed by atoms with van der Waals surface area (Å²) in [5.41, 5.74) is -0.931. The summed E-state index contributed by atoms with van der Waals surface area (Å²) in [5.74, 6) is -0.849. The van der Waals surface area contributed by atoms with Crippen molar-refractivity contribution in [2.45, 2.75) is 51.7 Å². The fourth-order valence-electron chi connectivity index (χ4n) is 2.00. The highest BCUT2D eigenvalue weighted by Crippen LogP contribution is 2.20. The van der Waals surface area contributed by atoms with E-state index in [2.05, 4.69) is 10.6 Å². The molecule has 3 N–H and O–H groups in total. The summed E-state index contributed by atoms with van der Waals surface area (Å²) in [7, 11) is 0. The average Bonchev–Trinajstić information content (AvgIpc) is 2.61. The van der Waals surface area contributed by atoms with Crippen molar-refractivity contribution in [1.82, 2.24) is 15.5 Å². The lowest BCUT2D eigenvalue weighted by Gasteiger charge is -2.19. The molecule has 1 fully saturated rings. The molecule has 1 aliphatic rings. The van der Waals surface area contributed by atoms with E-state index in [0.717, 1.165) is 11.3 Å². The summed E-state index contributed by atoms with van der Waals surface area (Å²) in [6.07, 6.45) is 1.27. The van der Waals surface area contributed by atoms with Crippen molar-refractivity contribution in [3.05, 3.63) is 0 Å². The third-order valence-electron chi connectivity index (χ3n) is 3.51. The van der Waals surface area contributed by atoms with E-state index in [9.17, 15) is 19.5 Å². The number of hydrogen-bond donors (Lipinski definition) is 3. The van der Waals surface area contributed by atoms with Crippen molar-refractivity contribution in [1.29, 1.82) is 0 Å². The number of carbonyl (C=O) groups is 3. The lowest BCUT2D eigenvalue weighted by molar-refractivity contribution is -0.134. The molecule has 20 heavy (non-hydrogen) atoms. The van der Waals surface area contributed by atoms with E-state index in [-0.39, 0.29) is 13.1 Å². The van der Waals surface area contributed by atoms with E-state index in [0.29, 0.717) is 12.8 Å². The number of aliphatic hydroxyl groups is 1. The molecule has 0 aromatic heterocycles. The molecular weight excluding hydrogens is 262 g/mol. The van der Waals surface area contributed by atoms with Gasteiger partial charge in [0, 0.05) is 6.54 Å². The van der Waals surface area contributed by atoms with Crippen molar-refractivity contribution in [3.8, 4) is 0 Å². The third kappa shape index (κ3) is 3.69. The molecule has 0 bridgehead atoms. The van der Waals surface area contributed by atoms with E-state index in [4.69, 9.17) is 0 Å². The first-order chi connectivity index (χ1) is 9.34. The van der Waals surface area contributed by atoms with Crippen molar-refractivity contribution in [3.63, 3.8) is 0 Å². The minimum atomic E-state index is -0.931. The van der Waals surface area contributed by atoms with Crippen LogP contribution < -0.4 is 10.6 Å². The second-order valence-electron chi connectivity index (χ2n) is 5.25. The van der Waals surface area contributed by atoms with Gasteiger partial charge in [0.05, 0.1) is 6.10 Å². The second-order valence-corrected chi connectivity index (χ2v) is 5.25. The second kappa shape index (κ2) is 6.69. The molecule has 7 heteroatoms. The zero-order chi connectivity index (χ0) is 15.3. The SMILES string of the molecule is CCCC(O)CNC(=O)CN1C(=O)NC(C)(CC)C1=O. The largest absolute Gasteiger partial charge is 0.391 e. The minimum Gasteiger partial charge on any atom is -0.391 e. The Labute approximate surface area is 118 Å². The predicted molar refractivity (Wildman–Crippen MR) is 72.9 cm³/mol. The molecule has 0 aromatic rings. The molecule has 1 saturated heterocycles. The van der Waals surface area contributed by atoms with Gasteiger partial charge < -0.3 is 15.7 Å². The van der Waals surface area contributed by atoms with Gasteiger partial charge in [-0.2, -0.15) is 0 Å². The maximum Gasteiger partial charge on any atom is 0.325 e. The standard InChI is InChI=1S/C13H23N3O4/c1-4-6-9(17)7-14-10(18)8-16-11(19)13(3,5-2)15-12(16)20/h9,17H,4-8H2,1-3H3,(H,14,18)(H,15,20). The first-order valence-corrected chi connectivity index (χ1v) is 6.93. The van der Waals surface area contributed by atoms with Gasteiger partial charge in [-0.15, -0.1) is 0 Å². The summed E-state index contributed by atoms with van der Waals surface area (Å²) in [4.78, 5) is 36.4. The van der Waals surface area contributed by atoms with Crippen LogP contribution in [0.2, 0.25) is 0 Å². The monoisotopic (exact) mass is 285 g/mol. The number of urea groups is 1. The van der Waals surface area contributed by atoms with Crippen LogP contribution >= 0.6 is 0 Å². The van der Waals surface area contributed by atoms with Crippen molar-refractivity contribution < 1.29 is 19.5 Å². The summed E-state index contributed by atoms with van der Waals surface area (Å²) < 4.78 is 0. The average molecular weight is 285 g/mol. The fraction of sp³-hybridized carbons (Fsp3) is 0.769. The molecular formula is C13H23N3O4. The highest BCUT2D eigenvalue weighted by molar-refractivity contribution is 6.08. The molecule has 4 amide bonds. The minimum absolute atomic E-state index is 0.126. The van der Waals surface area contributed by atoms with Gasteiger partial charge in [-0.1, -0.05) is 20.3 Å². The van der Waals surface area contributed by atoms with Crippen LogP contribution in [0.3, 0.4) is 0 Å². The highest BCUT2D eigenvalue weighted by Gasteiger charge is 2.46. The number of aliphatic hydroxyl groups excluding tert-OH is 1. The van der Waals surface area contributed by atoms with Crippen LogP contribution in [0, 0.1) is 0 Å². The third-order valence-corrected chi connectivity index (χ3v) is 3.51. The van der Waals surface area contributed by atoms with Crippen molar-refractivity contribution in [2.75, 3.05) is 13.1 Å². The Morgan fingerprint density at radius 2 is 2.10 bits per heavy atom. The summed E-state index contributed by atoms with van der Waals surface area (Å²) in [6, 6.07) is -0.552. The molecule has 1 aliphatic heterocycles. The van der Waals surface area contributed by atoms with Gasteiger partial charge in [-0.25, -0.2) is 4.79 Å². The molecule has 0 aliphatic carbocycles. The lowest BCUT2D eigenvalue weighted by atomic mass is 9.99. The smallest absolute Gasteiger partial charge is 0.325 e. The Balaban J connectivity index is 2.50. The number of carbonyl (C=O) groups excluding carboxylic acids is 3. The van der Waals surface area contributed by atoms with E-state index in [1.807, 2.05) is 6.92 Å². The zero-order valence-electron chi connectivity index (χ0n) is 12.2. The van der Waals surface area contributed by atoms with Gasteiger partial charge in [0.2, 0.25) is 5.91 Å². The normalized spacial score (nSPS) is 23.7. The molecule has 0 aromatic carbocycles. The Morgan fingerprint density at radius 1 is 1.45 bits per heavy atom. The van der Waals surface area contributed by atoms with Crippen LogP contribution in [0.4, 0.5) is 4.79 Å². The Bertz CT molecular complexity index is 399. The Morgan fingerprint density at radius 3 is 2.60 bits per heavy atom. The van der Waals surface area contributed by atoms with Crippen LogP contribution in [0.1, 0.15) is 40.0 Å². The molecule has 0 radical (unpaired) electrons. The molecule has 1 rings (SSSR count). The van der Waals surface area contributed by atoms with Gasteiger partial charge in [0.15, 0.2) is 0 Å². The van der Waals surface area contributed by atoms with Gasteiger partial charge in [0.25, 0.3) is 5.91 Å². The van der Waals surface area contributed by atoms with Crippen LogP contribution in [-0.4, -0.2) is 52.6 Å². The van der Waals surface area contributed by atoms with E-state index >= 15 is 0 Å². The number of hydrogen-bond acceptors (Lipinski definition) is 4. The van der Waals surface area contributed by atoms with Crippen LogP contribution in [0.15, 0.2) is 0 Å². The zero-order valence-corrected chi connectivity index (χ0v) is 12.2. The first-order valence-electron chi connectivity index (χ1n) is 6.93. The summed E-state index contributed by atoms with van der Waals surface area (Å²) >= 11 is 0. The molecule has 0 saturated carbocycles. The molecule has 1 heterocycles. The van der Waals surface area contributed by atoms with Gasteiger partial charge in [-0.05, 0) is 19.8 Å². The number of nitrogens with zero attached hydrogens (tertiary/aromatic N) is 1. The van der Waals surface area contributed by atoms with Gasteiger partial charge in [0.1, 0.15) is 12.1 Å². The summed E-state index contributed by atoms with van der Waals surface area (Å²) in [5, 5.41) is 14.6. The Kier molecular flexibility index (Phi) is 5.50. The molecule has 7 nitrogen and oxygen atoms in total. The van der Waals surface area contributed by atoms with E-state index in [1.54, 1.807) is 13.8 Å². The maximum atomic E-state index is 12.1. The topological polar surface area (TPSA) is 98.7 Å².